The second-order valence-corrected chi connectivity index (χ2v) is 3.99. The van der Waals surface area contributed by atoms with Gasteiger partial charge in [-0.1, -0.05) is 6.08 Å². The van der Waals surface area contributed by atoms with Gasteiger partial charge >= 0.3 is 5.97 Å². The Hall–Kier alpha value is -1.81. The lowest BCUT2D eigenvalue weighted by atomic mass is 10.1. The molecule has 1 aromatic carbocycles. The van der Waals surface area contributed by atoms with E-state index >= 15 is 0 Å². The zero-order valence-electron chi connectivity index (χ0n) is 10.3. The van der Waals surface area contributed by atoms with Crippen LogP contribution < -0.4 is 4.74 Å². The van der Waals surface area contributed by atoms with Gasteiger partial charge in [0.05, 0.1) is 25.9 Å². The molecule has 1 aromatic rings. The van der Waals surface area contributed by atoms with Gasteiger partial charge in [0.25, 0.3) is 0 Å². The lowest BCUT2D eigenvalue weighted by Crippen LogP contribution is -2.10. The van der Waals surface area contributed by atoms with E-state index in [9.17, 15) is 4.79 Å². The summed E-state index contributed by atoms with van der Waals surface area (Å²) in [6, 6.07) is 6.93. The molecule has 0 radical (unpaired) electrons. The first-order valence-corrected chi connectivity index (χ1v) is 5.86. The molecule has 0 unspecified atom stereocenters. The lowest BCUT2D eigenvalue weighted by molar-refractivity contribution is 0.0600. The predicted molar refractivity (Wildman–Crippen MR) is 66.8 cm³/mol. The molecule has 1 heterocycles. The minimum atomic E-state index is -0.339. The highest BCUT2D eigenvalue weighted by Gasteiger charge is 2.06. The van der Waals surface area contributed by atoms with Gasteiger partial charge in [-0.25, -0.2) is 4.79 Å². The van der Waals surface area contributed by atoms with Crippen LogP contribution in [0.25, 0.3) is 0 Å². The Labute approximate surface area is 106 Å². The topological polar surface area (TPSA) is 44.8 Å². The Morgan fingerprint density at radius 2 is 2.11 bits per heavy atom. The molecule has 18 heavy (non-hydrogen) atoms. The van der Waals surface area contributed by atoms with Crippen LogP contribution in [-0.4, -0.2) is 32.9 Å². The molecule has 0 amide bonds. The highest BCUT2D eigenvalue weighted by Crippen LogP contribution is 2.15. The van der Waals surface area contributed by atoms with Crippen LogP contribution in [0.15, 0.2) is 35.9 Å². The summed E-state index contributed by atoms with van der Waals surface area (Å²) in [4.78, 5) is 11.2. The summed E-state index contributed by atoms with van der Waals surface area (Å²) in [5.41, 5.74) is 1.77. The first kappa shape index (κ1) is 12.6. The van der Waals surface area contributed by atoms with Crippen molar-refractivity contribution in [2.24, 2.45) is 0 Å². The molecular formula is C14H16O4. The molecule has 2 rings (SSSR count). The van der Waals surface area contributed by atoms with Crippen LogP contribution in [0.1, 0.15) is 16.8 Å². The van der Waals surface area contributed by atoms with Gasteiger partial charge in [-0.3, -0.25) is 0 Å². The van der Waals surface area contributed by atoms with Crippen LogP contribution in [0.5, 0.6) is 5.75 Å². The van der Waals surface area contributed by atoms with E-state index in [2.05, 4.69) is 4.74 Å². The minimum Gasteiger partial charge on any atom is -0.489 e. The van der Waals surface area contributed by atoms with E-state index in [0.717, 1.165) is 18.8 Å². The van der Waals surface area contributed by atoms with Crippen LogP contribution >= 0.6 is 0 Å². The molecule has 1 aliphatic heterocycles. The van der Waals surface area contributed by atoms with E-state index in [1.54, 1.807) is 24.3 Å². The van der Waals surface area contributed by atoms with Crippen LogP contribution in [0.2, 0.25) is 0 Å². The molecule has 0 N–H and O–H groups in total. The maximum Gasteiger partial charge on any atom is 0.337 e. The predicted octanol–water partition coefficient (Wildman–Crippen LogP) is 2.20. The summed E-state index contributed by atoms with van der Waals surface area (Å²) >= 11 is 0. The first-order chi connectivity index (χ1) is 8.79. The second-order valence-electron chi connectivity index (χ2n) is 3.99. The van der Waals surface area contributed by atoms with Crippen LogP contribution in [-0.2, 0) is 9.47 Å². The minimum absolute atomic E-state index is 0.339. The summed E-state index contributed by atoms with van der Waals surface area (Å²) in [6.45, 7) is 2.00. The molecule has 0 aliphatic carbocycles. The molecule has 0 fully saturated rings. The molecule has 0 saturated carbocycles. The van der Waals surface area contributed by atoms with Crippen LogP contribution in [0, 0.1) is 0 Å². The van der Waals surface area contributed by atoms with Crippen molar-refractivity contribution >= 4 is 5.97 Å². The number of methoxy groups -OCH3 is 1. The number of hydrogen-bond acceptors (Lipinski definition) is 4. The van der Waals surface area contributed by atoms with E-state index in [1.807, 2.05) is 6.08 Å². The molecule has 4 heteroatoms. The number of hydrogen-bond donors (Lipinski definition) is 0. The third-order valence-corrected chi connectivity index (χ3v) is 2.76. The Morgan fingerprint density at radius 1 is 1.33 bits per heavy atom. The number of carbonyl (C=O) groups excluding carboxylic acids is 1. The molecule has 0 bridgehead atoms. The van der Waals surface area contributed by atoms with E-state index in [0.29, 0.717) is 18.8 Å². The smallest absolute Gasteiger partial charge is 0.337 e. The van der Waals surface area contributed by atoms with Gasteiger partial charge in [0.15, 0.2) is 0 Å². The fourth-order valence-electron chi connectivity index (χ4n) is 1.68. The average Bonchev–Trinajstić information content (AvgIpc) is 2.46. The molecule has 4 nitrogen and oxygen atoms in total. The molecule has 0 saturated heterocycles. The van der Waals surface area contributed by atoms with Gasteiger partial charge < -0.3 is 14.2 Å². The van der Waals surface area contributed by atoms with Crippen molar-refractivity contribution in [3.8, 4) is 5.75 Å². The fourth-order valence-corrected chi connectivity index (χ4v) is 1.68. The highest BCUT2D eigenvalue weighted by molar-refractivity contribution is 5.89. The highest BCUT2D eigenvalue weighted by atomic mass is 16.5. The Morgan fingerprint density at radius 3 is 2.72 bits per heavy atom. The van der Waals surface area contributed by atoms with Gasteiger partial charge in [-0.2, -0.15) is 0 Å². The normalized spacial score (nSPS) is 14.8. The molecule has 0 atom stereocenters. The summed E-state index contributed by atoms with van der Waals surface area (Å²) < 4.78 is 15.5. The molecule has 0 spiro atoms. The van der Waals surface area contributed by atoms with Crippen molar-refractivity contribution in [2.45, 2.75) is 6.42 Å². The number of esters is 1. The molecule has 96 valence electrons. The zero-order valence-corrected chi connectivity index (χ0v) is 10.3. The van der Waals surface area contributed by atoms with E-state index in [4.69, 9.17) is 9.47 Å². The Kier molecular flexibility index (Phi) is 4.36. The third kappa shape index (κ3) is 3.34. The monoisotopic (exact) mass is 248 g/mol. The Bertz CT molecular complexity index is 434. The maximum absolute atomic E-state index is 11.2. The van der Waals surface area contributed by atoms with Crippen molar-refractivity contribution in [3.63, 3.8) is 0 Å². The van der Waals surface area contributed by atoms with Gasteiger partial charge in [-0.05, 0) is 36.3 Å². The third-order valence-electron chi connectivity index (χ3n) is 2.76. The number of rotatable bonds is 4. The largest absolute Gasteiger partial charge is 0.489 e. The summed E-state index contributed by atoms with van der Waals surface area (Å²) in [5.74, 6) is 0.406. The summed E-state index contributed by atoms with van der Waals surface area (Å²) in [5, 5.41) is 0. The quantitative estimate of drug-likeness (QED) is 0.605. The number of carbonyl (C=O) groups is 1. The molecular weight excluding hydrogens is 232 g/mol. The summed E-state index contributed by atoms with van der Waals surface area (Å²) in [6.07, 6.45) is 2.96. The van der Waals surface area contributed by atoms with Crippen molar-refractivity contribution in [3.05, 3.63) is 41.5 Å². The van der Waals surface area contributed by atoms with Gasteiger partial charge in [0.1, 0.15) is 12.4 Å². The van der Waals surface area contributed by atoms with Crippen LogP contribution in [0.3, 0.4) is 0 Å². The number of benzene rings is 1. The molecule has 0 aromatic heterocycles. The van der Waals surface area contributed by atoms with Gasteiger partial charge in [-0.15, -0.1) is 0 Å². The van der Waals surface area contributed by atoms with Crippen molar-refractivity contribution in [2.75, 3.05) is 26.9 Å². The summed E-state index contributed by atoms with van der Waals surface area (Å²) in [7, 11) is 1.37. The zero-order chi connectivity index (χ0) is 12.8. The average molecular weight is 248 g/mol. The fraction of sp³-hybridized carbons (Fsp3) is 0.357. The molecule has 1 aliphatic rings. The second kappa shape index (κ2) is 6.21. The standard InChI is InChI=1S/C14H16O4/c1-16-14(15)12-2-4-13(5-3-12)18-10-11-6-8-17-9-7-11/h2-6H,7-10H2,1H3. The van der Waals surface area contributed by atoms with Crippen LogP contribution in [0.4, 0.5) is 0 Å². The van der Waals surface area contributed by atoms with Gasteiger partial charge in [0, 0.05) is 0 Å². The lowest BCUT2D eigenvalue weighted by Gasteiger charge is -2.14. The SMILES string of the molecule is COC(=O)c1ccc(OCC2=CCOCC2)cc1. The maximum atomic E-state index is 11.2. The number of ether oxygens (including phenoxy) is 3. The van der Waals surface area contributed by atoms with E-state index in [1.165, 1.54) is 12.7 Å². The van der Waals surface area contributed by atoms with Crippen molar-refractivity contribution in [1.82, 2.24) is 0 Å². The van der Waals surface area contributed by atoms with Crippen molar-refractivity contribution < 1.29 is 19.0 Å². The van der Waals surface area contributed by atoms with E-state index < -0.39 is 0 Å². The first-order valence-electron chi connectivity index (χ1n) is 5.86. The Balaban J connectivity index is 1.90. The van der Waals surface area contributed by atoms with Gasteiger partial charge in [0.2, 0.25) is 0 Å². The van der Waals surface area contributed by atoms with E-state index in [-0.39, 0.29) is 5.97 Å². The van der Waals surface area contributed by atoms with Crippen molar-refractivity contribution in [1.29, 1.82) is 0 Å².